The molecule has 3 aromatic carbocycles. The lowest BCUT2D eigenvalue weighted by atomic mass is 10.2. The third-order valence-corrected chi connectivity index (χ3v) is 6.59. The van der Waals surface area contributed by atoms with Crippen molar-refractivity contribution in [2.45, 2.75) is 20.0 Å². The van der Waals surface area contributed by atoms with Crippen LogP contribution in [0, 0.1) is 0 Å². The molecule has 0 saturated carbocycles. The minimum absolute atomic E-state index is 0.0601. The van der Waals surface area contributed by atoms with Crippen LogP contribution >= 0.6 is 0 Å². The van der Waals surface area contributed by atoms with E-state index in [1.54, 1.807) is 0 Å². The number of nitrogens with one attached hydrogen (secondary N) is 1. The van der Waals surface area contributed by atoms with Crippen LogP contribution in [-0.2, 0) is 17.9 Å². The zero-order valence-corrected chi connectivity index (χ0v) is 21.0. The van der Waals surface area contributed by atoms with Crippen LogP contribution in [0.25, 0.3) is 11.0 Å². The lowest BCUT2D eigenvalue weighted by Gasteiger charge is -2.34. The molecule has 1 fully saturated rings. The Balaban J connectivity index is 1.20. The van der Waals surface area contributed by atoms with Gasteiger partial charge in [0, 0.05) is 44.0 Å². The highest BCUT2D eigenvalue weighted by Gasteiger charge is 2.23. The highest BCUT2D eigenvalue weighted by molar-refractivity contribution is 5.94. The zero-order valence-electron chi connectivity index (χ0n) is 21.0. The fourth-order valence-corrected chi connectivity index (χ4v) is 4.67. The van der Waals surface area contributed by atoms with Gasteiger partial charge in [0.05, 0.1) is 17.6 Å². The van der Waals surface area contributed by atoms with Crippen LogP contribution in [0.1, 0.15) is 23.1 Å². The van der Waals surface area contributed by atoms with E-state index in [1.165, 1.54) is 0 Å². The number of hydrogen-bond acceptors (Lipinski definition) is 5. The second kappa shape index (κ2) is 11.3. The van der Waals surface area contributed by atoms with Crippen molar-refractivity contribution in [3.8, 4) is 5.75 Å². The van der Waals surface area contributed by atoms with Crippen molar-refractivity contribution < 1.29 is 14.3 Å². The molecule has 0 spiro atoms. The summed E-state index contributed by atoms with van der Waals surface area (Å²) in [7, 11) is 0. The van der Waals surface area contributed by atoms with E-state index < -0.39 is 0 Å². The number of aryl methyl sites for hydroxylation is 1. The second-order valence-corrected chi connectivity index (χ2v) is 9.06. The molecular weight excluding hydrogens is 466 g/mol. The molecule has 0 bridgehead atoms. The van der Waals surface area contributed by atoms with Gasteiger partial charge in [0.25, 0.3) is 11.8 Å². The van der Waals surface area contributed by atoms with E-state index in [4.69, 9.17) is 9.72 Å². The van der Waals surface area contributed by atoms with Crippen molar-refractivity contribution in [1.82, 2.24) is 19.4 Å². The Morgan fingerprint density at radius 2 is 1.62 bits per heavy atom. The van der Waals surface area contributed by atoms with Gasteiger partial charge in [-0.15, -0.1) is 0 Å². The molecule has 2 heterocycles. The van der Waals surface area contributed by atoms with Crippen molar-refractivity contribution in [2.75, 3.05) is 38.1 Å². The molecule has 8 nitrogen and oxygen atoms in total. The standard InChI is InChI=1S/C29H31N5O3/c1-2-34-26-14-13-23(30-28(35)21-37-24-11-7-4-8-12-24)19-25(26)31-27(34)20-32-15-17-33(18-16-32)29(36)22-9-5-3-6-10-22/h3-14,19H,2,15-18,20-21H2,1H3,(H,30,35). The van der Waals surface area contributed by atoms with Gasteiger partial charge in [-0.2, -0.15) is 0 Å². The molecule has 0 aliphatic carbocycles. The van der Waals surface area contributed by atoms with Gasteiger partial charge < -0.3 is 19.5 Å². The van der Waals surface area contributed by atoms with Gasteiger partial charge in [-0.25, -0.2) is 4.98 Å². The topological polar surface area (TPSA) is 79.7 Å². The Kier molecular flexibility index (Phi) is 7.46. The number of carbonyl (C=O) groups is 2. The molecule has 2 amide bonds. The van der Waals surface area contributed by atoms with Crippen LogP contribution in [0.2, 0.25) is 0 Å². The molecular formula is C29H31N5O3. The molecule has 4 aromatic rings. The Labute approximate surface area is 216 Å². The quantitative estimate of drug-likeness (QED) is 0.398. The summed E-state index contributed by atoms with van der Waals surface area (Å²) in [4.78, 5) is 34.3. The zero-order chi connectivity index (χ0) is 25.6. The van der Waals surface area contributed by atoms with E-state index in [1.807, 2.05) is 83.8 Å². The summed E-state index contributed by atoms with van der Waals surface area (Å²) in [5.41, 5.74) is 3.30. The maximum Gasteiger partial charge on any atom is 0.262 e. The molecule has 1 aliphatic rings. The average Bonchev–Trinajstić information content (AvgIpc) is 3.29. The first kappa shape index (κ1) is 24.5. The van der Waals surface area contributed by atoms with Crippen LogP contribution < -0.4 is 10.1 Å². The number of ether oxygens (including phenoxy) is 1. The number of aromatic nitrogens is 2. The third kappa shape index (κ3) is 5.81. The third-order valence-electron chi connectivity index (χ3n) is 6.59. The second-order valence-electron chi connectivity index (χ2n) is 9.06. The summed E-state index contributed by atoms with van der Waals surface area (Å²) in [5, 5.41) is 2.90. The number of fused-ring (bicyclic) bond motifs is 1. The molecule has 8 heteroatoms. The number of rotatable bonds is 8. The maximum absolute atomic E-state index is 12.8. The highest BCUT2D eigenvalue weighted by Crippen LogP contribution is 2.22. The molecule has 1 saturated heterocycles. The largest absolute Gasteiger partial charge is 0.484 e. The highest BCUT2D eigenvalue weighted by atomic mass is 16.5. The van der Waals surface area contributed by atoms with Gasteiger partial charge in [-0.3, -0.25) is 14.5 Å². The number of para-hydroxylation sites is 1. The van der Waals surface area contributed by atoms with Crippen LogP contribution in [0.5, 0.6) is 5.75 Å². The van der Waals surface area contributed by atoms with Gasteiger partial charge in [0.15, 0.2) is 6.61 Å². The van der Waals surface area contributed by atoms with Gasteiger partial charge in [-0.1, -0.05) is 36.4 Å². The van der Waals surface area contributed by atoms with E-state index >= 15 is 0 Å². The number of piperazine rings is 1. The monoisotopic (exact) mass is 497 g/mol. The number of imidazole rings is 1. The molecule has 1 aliphatic heterocycles. The molecule has 190 valence electrons. The lowest BCUT2D eigenvalue weighted by molar-refractivity contribution is -0.118. The van der Waals surface area contributed by atoms with Crippen LogP contribution in [0.15, 0.2) is 78.9 Å². The van der Waals surface area contributed by atoms with E-state index in [0.29, 0.717) is 31.1 Å². The molecule has 1 aromatic heterocycles. The lowest BCUT2D eigenvalue weighted by Crippen LogP contribution is -2.48. The summed E-state index contributed by atoms with van der Waals surface area (Å²) in [6.07, 6.45) is 0. The number of amides is 2. The predicted octanol–water partition coefficient (Wildman–Crippen LogP) is 4.03. The van der Waals surface area contributed by atoms with Gasteiger partial charge in [0.1, 0.15) is 11.6 Å². The van der Waals surface area contributed by atoms with Crippen molar-refractivity contribution in [3.63, 3.8) is 0 Å². The van der Waals surface area contributed by atoms with E-state index in [-0.39, 0.29) is 18.4 Å². The Morgan fingerprint density at radius 1 is 0.919 bits per heavy atom. The van der Waals surface area contributed by atoms with Gasteiger partial charge in [0.2, 0.25) is 0 Å². The van der Waals surface area contributed by atoms with Crippen LogP contribution in [-0.4, -0.2) is 64.0 Å². The normalized spacial score (nSPS) is 14.0. The molecule has 37 heavy (non-hydrogen) atoms. The first-order chi connectivity index (χ1) is 18.1. The SMILES string of the molecule is CCn1c(CN2CCN(C(=O)c3ccccc3)CC2)nc2cc(NC(=O)COc3ccccc3)ccc21. The average molecular weight is 498 g/mol. The molecule has 0 atom stereocenters. The summed E-state index contributed by atoms with van der Waals surface area (Å²) < 4.78 is 7.75. The smallest absolute Gasteiger partial charge is 0.262 e. The number of hydrogen-bond donors (Lipinski definition) is 1. The van der Waals surface area contributed by atoms with Crippen molar-refractivity contribution in [1.29, 1.82) is 0 Å². The van der Waals surface area contributed by atoms with Crippen LogP contribution in [0.4, 0.5) is 5.69 Å². The van der Waals surface area contributed by atoms with E-state index in [9.17, 15) is 9.59 Å². The van der Waals surface area contributed by atoms with E-state index in [0.717, 1.165) is 42.1 Å². The molecule has 5 rings (SSSR count). The Morgan fingerprint density at radius 3 is 2.32 bits per heavy atom. The van der Waals surface area contributed by atoms with Crippen molar-refractivity contribution in [2.24, 2.45) is 0 Å². The minimum atomic E-state index is -0.221. The van der Waals surface area contributed by atoms with Gasteiger partial charge >= 0.3 is 0 Å². The number of nitrogens with zero attached hydrogens (tertiary/aromatic N) is 4. The Bertz CT molecular complexity index is 1360. The Hall–Kier alpha value is -4.17. The number of anilines is 1. The first-order valence-corrected chi connectivity index (χ1v) is 12.6. The summed E-state index contributed by atoms with van der Waals surface area (Å²) >= 11 is 0. The summed E-state index contributed by atoms with van der Waals surface area (Å²) in [5.74, 6) is 1.51. The summed E-state index contributed by atoms with van der Waals surface area (Å²) in [6, 6.07) is 24.5. The fraction of sp³-hybridized carbons (Fsp3) is 0.276. The minimum Gasteiger partial charge on any atom is -0.484 e. The maximum atomic E-state index is 12.8. The van der Waals surface area contributed by atoms with E-state index in [2.05, 4.69) is 21.7 Å². The molecule has 0 radical (unpaired) electrons. The van der Waals surface area contributed by atoms with Crippen molar-refractivity contribution >= 4 is 28.5 Å². The number of carbonyl (C=O) groups excluding carboxylic acids is 2. The molecule has 1 N–H and O–H groups in total. The van der Waals surface area contributed by atoms with Gasteiger partial charge in [-0.05, 0) is 49.4 Å². The van der Waals surface area contributed by atoms with Crippen molar-refractivity contribution in [3.05, 3.63) is 90.3 Å². The van der Waals surface area contributed by atoms with Crippen LogP contribution in [0.3, 0.4) is 0 Å². The first-order valence-electron chi connectivity index (χ1n) is 12.6. The fourth-order valence-electron chi connectivity index (χ4n) is 4.67. The predicted molar refractivity (Wildman–Crippen MR) is 144 cm³/mol. The summed E-state index contributed by atoms with van der Waals surface area (Å²) in [6.45, 7) is 6.55. The molecule has 0 unspecified atom stereocenters. The number of benzene rings is 3.